The number of halogens is 2. The average Bonchev–Trinajstić information content (AvgIpc) is 3.28. The lowest BCUT2D eigenvalue weighted by molar-refractivity contribution is -0.139. The quantitative estimate of drug-likeness (QED) is 0.552. The number of carbonyl (C=O) groups is 1. The average molecular weight is 445 g/mol. The topological polar surface area (TPSA) is 81.9 Å². The molecular weight excluding hydrogens is 420 g/mol. The van der Waals surface area contributed by atoms with Crippen LogP contribution in [0.15, 0.2) is 36.7 Å². The second kappa shape index (κ2) is 9.46. The zero-order valence-electron chi connectivity index (χ0n) is 17.9. The molecule has 32 heavy (non-hydrogen) atoms. The summed E-state index contributed by atoms with van der Waals surface area (Å²) in [5.74, 6) is 1.13. The van der Waals surface area contributed by atoms with Crippen molar-refractivity contribution in [1.29, 1.82) is 0 Å². The number of ether oxygens (including phenoxy) is 2. The van der Waals surface area contributed by atoms with Crippen molar-refractivity contribution in [1.82, 2.24) is 24.5 Å². The third kappa shape index (κ3) is 4.63. The summed E-state index contributed by atoms with van der Waals surface area (Å²) in [4.78, 5) is 23.1. The number of benzene rings is 1. The molecule has 0 N–H and O–H groups in total. The van der Waals surface area contributed by atoms with Crippen LogP contribution in [0.4, 0.5) is 8.78 Å². The number of fused-ring (bicyclic) bond motifs is 1. The Morgan fingerprint density at radius 2 is 2.00 bits per heavy atom. The predicted molar refractivity (Wildman–Crippen MR) is 112 cm³/mol. The van der Waals surface area contributed by atoms with Crippen molar-refractivity contribution in [3.63, 3.8) is 0 Å². The molecule has 2 atom stereocenters. The molecule has 0 spiro atoms. The number of piperidine rings is 1. The molecule has 3 heterocycles. The van der Waals surface area contributed by atoms with E-state index in [0.717, 1.165) is 23.1 Å². The van der Waals surface area contributed by atoms with Gasteiger partial charge < -0.3 is 14.4 Å². The zero-order chi connectivity index (χ0) is 22.7. The molecule has 0 radical (unpaired) electrons. The Bertz CT molecular complexity index is 1070. The molecule has 1 aromatic carbocycles. The van der Waals surface area contributed by atoms with E-state index in [1.807, 2.05) is 6.92 Å². The van der Waals surface area contributed by atoms with Crippen LogP contribution in [0.3, 0.4) is 0 Å². The standard InChI is InChI=1S/C22H25F2N5O3/c1-3-31-16-6-8-17(9-7-16)32-14(2)21(30)28-10-4-5-15(12-28)18-11-19(20(23)24)29-22(27-18)25-13-26-29/h6-9,11,13-15,20H,3-5,10,12H2,1-2H3. The van der Waals surface area contributed by atoms with E-state index < -0.39 is 12.5 Å². The van der Waals surface area contributed by atoms with Gasteiger partial charge in [0, 0.05) is 19.0 Å². The second-order valence-corrected chi connectivity index (χ2v) is 7.67. The van der Waals surface area contributed by atoms with E-state index in [-0.39, 0.29) is 23.3 Å². The highest BCUT2D eigenvalue weighted by Crippen LogP contribution is 2.29. The number of rotatable bonds is 7. The van der Waals surface area contributed by atoms with Gasteiger partial charge in [-0.1, -0.05) is 0 Å². The van der Waals surface area contributed by atoms with Gasteiger partial charge >= 0.3 is 0 Å². The minimum atomic E-state index is -2.70. The van der Waals surface area contributed by atoms with E-state index in [2.05, 4.69) is 15.1 Å². The van der Waals surface area contributed by atoms with Crippen molar-refractivity contribution >= 4 is 11.7 Å². The number of alkyl halides is 2. The van der Waals surface area contributed by atoms with Crippen molar-refractivity contribution < 1.29 is 23.0 Å². The van der Waals surface area contributed by atoms with Crippen molar-refractivity contribution in [2.45, 2.75) is 45.1 Å². The number of hydrogen-bond donors (Lipinski definition) is 0. The van der Waals surface area contributed by atoms with E-state index in [1.165, 1.54) is 12.4 Å². The first-order chi connectivity index (χ1) is 15.5. The molecule has 1 amide bonds. The fourth-order valence-corrected chi connectivity index (χ4v) is 3.93. The lowest BCUT2D eigenvalue weighted by Crippen LogP contribution is -2.45. The Hall–Kier alpha value is -3.30. The lowest BCUT2D eigenvalue weighted by Gasteiger charge is -2.34. The molecular formula is C22H25F2N5O3. The maximum Gasteiger partial charge on any atom is 0.280 e. The fourth-order valence-electron chi connectivity index (χ4n) is 3.93. The summed E-state index contributed by atoms with van der Waals surface area (Å²) in [6, 6.07) is 8.47. The molecule has 2 aromatic heterocycles. The first kappa shape index (κ1) is 21.9. The molecule has 0 bridgehead atoms. The highest BCUT2D eigenvalue weighted by atomic mass is 19.3. The van der Waals surface area contributed by atoms with Gasteiger partial charge in [-0.05, 0) is 57.0 Å². The third-order valence-corrected chi connectivity index (χ3v) is 5.47. The molecule has 10 heteroatoms. The van der Waals surface area contributed by atoms with Gasteiger partial charge in [-0.25, -0.2) is 13.8 Å². The molecule has 4 rings (SSSR count). The Morgan fingerprint density at radius 3 is 2.72 bits per heavy atom. The summed E-state index contributed by atoms with van der Waals surface area (Å²) < 4.78 is 39.3. The van der Waals surface area contributed by atoms with Crippen LogP contribution >= 0.6 is 0 Å². The van der Waals surface area contributed by atoms with Crippen LogP contribution in [0.1, 0.15) is 50.4 Å². The Balaban J connectivity index is 1.45. The van der Waals surface area contributed by atoms with Gasteiger partial charge in [0.15, 0.2) is 6.10 Å². The van der Waals surface area contributed by atoms with Gasteiger partial charge in [-0.3, -0.25) is 4.79 Å². The molecule has 1 fully saturated rings. The molecule has 0 aliphatic carbocycles. The van der Waals surface area contributed by atoms with Crippen LogP contribution < -0.4 is 9.47 Å². The maximum atomic E-state index is 13.5. The monoisotopic (exact) mass is 445 g/mol. The Labute approximate surface area is 184 Å². The number of hydrogen-bond acceptors (Lipinski definition) is 6. The molecule has 170 valence electrons. The lowest BCUT2D eigenvalue weighted by atomic mass is 9.93. The van der Waals surface area contributed by atoms with E-state index in [1.54, 1.807) is 36.1 Å². The van der Waals surface area contributed by atoms with E-state index in [4.69, 9.17) is 9.47 Å². The van der Waals surface area contributed by atoms with Crippen molar-refractivity contribution in [2.75, 3.05) is 19.7 Å². The Morgan fingerprint density at radius 1 is 1.25 bits per heavy atom. The summed E-state index contributed by atoms with van der Waals surface area (Å²) in [5, 5.41) is 3.82. The van der Waals surface area contributed by atoms with Gasteiger partial charge in [-0.2, -0.15) is 14.6 Å². The summed E-state index contributed by atoms with van der Waals surface area (Å²) in [5.41, 5.74) is 0.247. The van der Waals surface area contributed by atoms with Crippen LogP contribution in [0.5, 0.6) is 11.5 Å². The summed E-state index contributed by atoms with van der Waals surface area (Å²) in [6.07, 6.45) is -0.692. The number of nitrogens with zero attached hydrogens (tertiary/aromatic N) is 5. The van der Waals surface area contributed by atoms with Gasteiger partial charge in [-0.15, -0.1) is 0 Å². The molecule has 1 aliphatic rings. The van der Waals surface area contributed by atoms with Gasteiger partial charge in [0.25, 0.3) is 18.1 Å². The molecule has 2 unspecified atom stereocenters. The number of likely N-dealkylation sites (tertiary alicyclic amines) is 1. The SMILES string of the molecule is CCOc1ccc(OC(C)C(=O)N2CCCC(c3cc(C(F)F)n4ncnc4n3)C2)cc1. The minimum absolute atomic E-state index is 0.133. The van der Waals surface area contributed by atoms with Gasteiger partial charge in [0.1, 0.15) is 23.5 Å². The highest BCUT2D eigenvalue weighted by molar-refractivity contribution is 5.81. The van der Waals surface area contributed by atoms with Crippen molar-refractivity contribution in [3.8, 4) is 11.5 Å². The smallest absolute Gasteiger partial charge is 0.280 e. The highest BCUT2D eigenvalue weighted by Gasteiger charge is 2.30. The van der Waals surface area contributed by atoms with Crippen LogP contribution in [0, 0.1) is 0 Å². The largest absolute Gasteiger partial charge is 0.494 e. The van der Waals surface area contributed by atoms with Crippen LogP contribution in [-0.4, -0.2) is 56.2 Å². The normalized spacial score (nSPS) is 17.5. The maximum absolute atomic E-state index is 13.5. The molecule has 0 saturated carbocycles. The summed E-state index contributed by atoms with van der Waals surface area (Å²) in [6.45, 7) is 5.16. The van der Waals surface area contributed by atoms with Crippen LogP contribution in [0.25, 0.3) is 5.78 Å². The molecule has 1 aliphatic heterocycles. The van der Waals surface area contributed by atoms with Crippen molar-refractivity contribution in [3.05, 3.63) is 48.0 Å². The molecule has 3 aromatic rings. The number of amides is 1. The fraction of sp³-hybridized carbons (Fsp3) is 0.455. The predicted octanol–water partition coefficient (Wildman–Crippen LogP) is 3.63. The van der Waals surface area contributed by atoms with Gasteiger partial charge in [0.05, 0.1) is 12.3 Å². The van der Waals surface area contributed by atoms with Gasteiger partial charge in [0.2, 0.25) is 0 Å². The number of carbonyl (C=O) groups excluding carboxylic acids is 1. The third-order valence-electron chi connectivity index (χ3n) is 5.47. The number of aromatic nitrogens is 4. The van der Waals surface area contributed by atoms with E-state index in [0.29, 0.717) is 31.1 Å². The summed E-state index contributed by atoms with van der Waals surface area (Å²) in [7, 11) is 0. The van der Waals surface area contributed by atoms with Crippen LogP contribution in [-0.2, 0) is 4.79 Å². The van der Waals surface area contributed by atoms with Crippen LogP contribution in [0.2, 0.25) is 0 Å². The van der Waals surface area contributed by atoms with E-state index in [9.17, 15) is 13.6 Å². The summed E-state index contributed by atoms with van der Waals surface area (Å²) >= 11 is 0. The van der Waals surface area contributed by atoms with Crippen molar-refractivity contribution in [2.24, 2.45) is 0 Å². The minimum Gasteiger partial charge on any atom is -0.494 e. The molecule has 8 nitrogen and oxygen atoms in total. The molecule has 1 saturated heterocycles. The Kier molecular flexibility index (Phi) is 6.48. The zero-order valence-corrected chi connectivity index (χ0v) is 17.9. The van der Waals surface area contributed by atoms with E-state index >= 15 is 0 Å². The first-order valence-electron chi connectivity index (χ1n) is 10.6. The first-order valence-corrected chi connectivity index (χ1v) is 10.6. The second-order valence-electron chi connectivity index (χ2n) is 7.67.